The van der Waals surface area contributed by atoms with Gasteiger partial charge in [-0.3, -0.25) is 14.4 Å². The summed E-state index contributed by atoms with van der Waals surface area (Å²) in [4.78, 5) is 36.1. The summed E-state index contributed by atoms with van der Waals surface area (Å²) in [5.41, 5.74) is 1.51. The van der Waals surface area contributed by atoms with E-state index in [9.17, 15) is 14.4 Å². The average molecular weight is 442 g/mol. The Morgan fingerprint density at radius 3 is 2.38 bits per heavy atom. The predicted octanol–water partition coefficient (Wildman–Crippen LogP) is 1.62. The first-order valence-electron chi connectivity index (χ1n) is 7.67. The molecule has 0 aromatic heterocycles. The highest BCUT2D eigenvalue weighted by Gasteiger charge is 2.24. The van der Waals surface area contributed by atoms with Gasteiger partial charge in [0, 0.05) is 29.5 Å². The fourth-order valence-electron chi connectivity index (χ4n) is 2.23. The molecular formula is C17H19IN2O4. The minimum absolute atomic E-state index is 0.0220. The Bertz CT molecular complexity index is 610. The molecule has 1 aliphatic heterocycles. The van der Waals surface area contributed by atoms with Gasteiger partial charge in [0.15, 0.2) is 0 Å². The summed E-state index contributed by atoms with van der Waals surface area (Å²) in [5, 5.41) is 2.81. The van der Waals surface area contributed by atoms with Gasteiger partial charge in [-0.2, -0.15) is 0 Å². The number of nitrogens with one attached hydrogen (secondary N) is 1. The van der Waals surface area contributed by atoms with Crippen LogP contribution in [0.5, 0.6) is 0 Å². The molecule has 7 heteroatoms. The lowest BCUT2D eigenvalue weighted by Gasteiger charge is -2.14. The number of alkyl halides is 1. The van der Waals surface area contributed by atoms with E-state index in [0.29, 0.717) is 38.3 Å². The lowest BCUT2D eigenvalue weighted by atomic mass is 10.1. The number of carbonyl (C=O) groups is 3. The molecule has 0 aliphatic carbocycles. The third-order valence-corrected chi connectivity index (χ3v) is 3.87. The molecule has 0 spiro atoms. The summed E-state index contributed by atoms with van der Waals surface area (Å²) in [6.07, 6.45) is 3.49. The zero-order valence-corrected chi connectivity index (χ0v) is 15.3. The number of halogens is 1. The molecular weight excluding hydrogens is 423 g/mol. The highest BCUT2D eigenvalue weighted by Crippen LogP contribution is 2.19. The van der Waals surface area contributed by atoms with E-state index < -0.39 is 0 Å². The number of amides is 3. The van der Waals surface area contributed by atoms with Gasteiger partial charge in [-0.25, -0.2) is 4.90 Å². The molecule has 0 saturated heterocycles. The smallest absolute Gasteiger partial charge is 0.258 e. The average Bonchev–Trinajstić information content (AvgIpc) is 2.92. The second-order valence-corrected chi connectivity index (χ2v) is 6.24. The van der Waals surface area contributed by atoms with E-state index in [4.69, 9.17) is 4.74 Å². The Balaban J connectivity index is 1.75. The second kappa shape index (κ2) is 9.53. The molecule has 1 aromatic carbocycles. The zero-order chi connectivity index (χ0) is 17.4. The fourth-order valence-corrected chi connectivity index (χ4v) is 2.54. The van der Waals surface area contributed by atoms with Gasteiger partial charge in [-0.05, 0) is 24.1 Å². The summed E-state index contributed by atoms with van der Waals surface area (Å²) < 4.78 is 6.23. The number of imide groups is 1. The van der Waals surface area contributed by atoms with Crippen LogP contribution in [-0.2, 0) is 25.5 Å². The van der Waals surface area contributed by atoms with E-state index in [2.05, 4.69) is 27.9 Å². The van der Waals surface area contributed by atoms with Crippen molar-refractivity contribution in [3.8, 4) is 0 Å². The number of rotatable bonds is 9. The number of nitrogens with zero attached hydrogens (tertiary/aromatic N) is 1. The van der Waals surface area contributed by atoms with Gasteiger partial charge in [-0.1, -0.05) is 34.7 Å². The Morgan fingerprint density at radius 2 is 1.75 bits per heavy atom. The Kier molecular flexibility index (Phi) is 7.38. The van der Waals surface area contributed by atoms with Crippen molar-refractivity contribution in [2.24, 2.45) is 0 Å². The molecule has 1 N–H and O–H groups in total. The van der Waals surface area contributed by atoms with Crippen LogP contribution in [0.1, 0.15) is 12.0 Å². The molecule has 24 heavy (non-hydrogen) atoms. The van der Waals surface area contributed by atoms with E-state index in [1.165, 1.54) is 12.2 Å². The predicted molar refractivity (Wildman–Crippen MR) is 99.1 cm³/mol. The van der Waals surface area contributed by atoms with Crippen LogP contribution in [0.2, 0.25) is 0 Å². The molecule has 0 fully saturated rings. The summed E-state index contributed by atoms with van der Waals surface area (Å²) in [6.45, 7) is 1.73. The minimum atomic E-state index is -0.336. The van der Waals surface area contributed by atoms with Crippen LogP contribution < -0.4 is 10.2 Å². The molecule has 0 unspecified atom stereocenters. The van der Waals surface area contributed by atoms with Crippen LogP contribution >= 0.6 is 22.6 Å². The number of hydrogen-bond acceptors (Lipinski definition) is 4. The molecule has 0 bridgehead atoms. The molecule has 0 saturated carbocycles. The standard InChI is InChI=1S/C17H19IN2O4/c18-9-11-24-12-10-19-15(21)6-3-13-1-4-14(5-2-13)20-16(22)7-8-17(20)23/h1-2,4-5,7-8H,3,6,9-12H2,(H,19,21). The van der Waals surface area contributed by atoms with Gasteiger partial charge < -0.3 is 10.1 Å². The van der Waals surface area contributed by atoms with Crippen LogP contribution in [-0.4, -0.2) is 41.9 Å². The molecule has 0 radical (unpaired) electrons. The number of aryl methyl sites for hydroxylation is 1. The summed E-state index contributed by atoms with van der Waals surface area (Å²) in [7, 11) is 0. The maximum Gasteiger partial charge on any atom is 0.258 e. The monoisotopic (exact) mass is 442 g/mol. The Hall–Kier alpha value is -1.74. The van der Waals surface area contributed by atoms with E-state index in [1.807, 2.05) is 12.1 Å². The number of ether oxygens (including phenoxy) is 1. The lowest BCUT2D eigenvalue weighted by molar-refractivity contribution is -0.121. The molecule has 1 heterocycles. The SMILES string of the molecule is O=C(CCc1ccc(N2C(=O)C=CC2=O)cc1)NCCOCCI. The van der Waals surface area contributed by atoms with E-state index in [0.717, 1.165) is 14.9 Å². The molecule has 3 amide bonds. The van der Waals surface area contributed by atoms with Crippen molar-refractivity contribution in [3.63, 3.8) is 0 Å². The highest BCUT2D eigenvalue weighted by molar-refractivity contribution is 14.1. The van der Waals surface area contributed by atoms with Crippen LogP contribution in [0.3, 0.4) is 0 Å². The molecule has 2 rings (SSSR count). The Morgan fingerprint density at radius 1 is 1.08 bits per heavy atom. The van der Waals surface area contributed by atoms with Gasteiger partial charge in [0.05, 0.1) is 18.9 Å². The topological polar surface area (TPSA) is 75.7 Å². The summed E-state index contributed by atoms with van der Waals surface area (Å²) in [6, 6.07) is 7.08. The lowest BCUT2D eigenvalue weighted by Crippen LogP contribution is -2.29. The number of hydrogen-bond donors (Lipinski definition) is 1. The summed E-state index contributed by atoms with van der Waals surface area (Å²) >= 11 is 2.23. The van der Waals surface area contributed by atoms with Crippen molar-refractivity contribution in [2.75, 3.05) is 29.1 Å². The van der Waals surface area contributed by atoms with Crippen molar-refractivity contribution in [1.82, 2.24) is 5.32 Å². The highest BCUT2D eigenvalue weighted by atomic mass is 127. The number of benzene rings is 1. The first-order chi connectivity index (χ1) is 11.6. The van der Waals surface area contributed by atoms with Crippen LogP contribution in [0.25, 0.3) is 0 Å². The van der Waals surface area contributed by atoms with Crippen molar-refractivity contribution in [3.05, 3.63) is 42.0 Å². The van der Waals surface area contributed by atoms with Crippen molar-refractivity contribution >= 4 is 46.0 Å². The van der Waals surface area contributed by atoms with Gasteiger partial charge in [-0.15, -0.1) is 0 Å². The maximum atomic E-state index is 11.7. The van der Waals surface area contributed by atoms with E-state index in [1.54, 1.807) is 12.1 Å². The third-order valence-electron chi connectivity index (χ3n) is 3.43. The van der Waals surface area contributed by atoms with Gasteiger partial charge in [0.1, 0.15) is 0 Å². The quantitative estimate of drug-likeness (QED) is 0.273. The van der Waals surface area contributed by atoms with E-state index in [-0.39, 0.29) is 17.7 Å². The normalized spacial score (nSPS) is 13.6. The second-order valence-electron chi connectivity index (χ2n) is 5.16. The maximum absolute atomic E-state index is 11.7. The molecule has 128 valence electrons. The molecule has 1 aliphatic rings. The van der Waals surface area contributed by atoms with Gasteiger partial charge in [0.2, 0.25) is 5.91 Å². The number of anilines is 1. The van der Waals surface area contributed by atoms with Gasteiger partial charge >= 0.3 is 0 Å². The Labute approximate surface area is 154 Å². The van der Waals surface area contributed by atoms with Crippen molar-refractivity contribution in [1.29, 1.82) is 0 Å². The fraction of sp³-hybridized carbons (Fsp3) is 0.353. The zero-order valence-electron chi connectivity index (χ0n) is 13.2. The van der Waals surface area contributed by atoms with Crippen LogP contribution in [0.15, 0.2) is 36.4 Å². The van der Waals surface area contributed by atoms with Crippen molar-refractivity contribution in [2.45, 2.75) is 12.8 Å². The number of carbonyl (C=O) groups excluding carboxylic acids is 3. The van der Waals surface area contributed by atoms with Crippen molar-refractivity contribution < 1.29 is 19.1 Å². The molecule has 6 nitrogen and oxygen atoms in total. The van der Waals surface area contributed by atoms with Crippen LogP contribution in [0.4, 0.5) is 5.69 Å². The minimum Gasteiger partial charge on any atom is -0.379 e. The first-order valence-corrected chi connectivity index (χ1v) is 9.20. The third kappa shape index (κ3) is 5.41. The summed E-state index contributed by atoms with van der Waals surface area (Å²) in [5.74, 6) is -0.694. The first kappa shape index (κ1) is 18.6. The molecule has 1 aromatic rings. The largest absolute Gasteiger partial charge is 0.379 e. The molecule has 0 atom stereocenters. The van der Waals surface area contributed by atoms with Gasteiger partial charge in [0.25, 0.3) is 11.8 Å². The van der Waals surface area contributed by atoms with Crippen LogP contribution in [0, 0.1) is 0 Å². The van der Waals surface area contributed by atoms with E-state index >= 15 is 0 Å².